The molecule has 4 rings (SSSR count). The van der Waals surface area contributed by atoms with Crippen LogP contribution in [-0.4, -0.2) is 27.5 Å². The molecule has 0 saturated carbocycles. The van der Waals surface area contributed by atoms with Crippen LogP contribution in [-0.2, 0) is 11.2 Å². The zero-order valence-electron chi connectivity index (χ0n) is 15.5. The third-order valence-electron chi connectivity index (χ3n) is 4.88. The van der Waals surface area contributed by atoms with Crippen LogP contribution in [0.4, 0.5) is 5.82 Å². The van der Waals surface area contributed by atoms with Crippen molar-refractivity contribution in [2.45, 2.75) is 26.3 Å². The van der Waals surface area contributed by atoms with Crippen molar-refractivity contribution in [3.8, 4) is 22.3 Å². The molecule has 4 heterocycles. The van der Waals surface area contributed by atoms with E-state index in [2.05, 4.69) is 9.97 Å². The van der Waals surface area contributed by atoms with E-state index in [-0.39, 0.29) is 17.5 Å². The van der Waals surface area contributed by atoms with Crippen molar-refractivity contribution in [1.82, 2.24) is 14.5 Å². The smallest absolute Gasteiger partial charge is 0.250 e. The molecule has 0 aromatic carbocycles. The van der Waals surface area contributed by atoms with Crippen molar-refractivity contribution >= 4 is 11.7 Å². The second-order valence-electron chi connectivity index (χ2n) is 7.06. The van der Waals surface area contributed by atoms with Crippen LogP contribution >= 0.6 is 0 Å². The number of anilines is 1. The average Bonchev–Trinajstić information content (AvgIpc) is 2.95. The Hall–Kier alpha value is -3.28. The van der Waals surface area contributed by atoms with Gasteiger partial charge in [0.1, 0.15) is 5.82 Å². The quantitative estimate of drug-likeness (QED) is 0.720. The van der Waals surface area contributed by atoms with E-state index in [1.165, 1.54) is 0 Å². The van der Waals surface area contributed by atoms with Crippen molar-refractivity contribution in [2.24, 2.45) is 0 Å². The van der Waals surface area contributed by atoms with E-state index < -0.39 is 0 Å². The van der Waals surface area contributed by atoms with E-state index in [4.69, 9.17) is 0 Å². The summed E-state index contributed by atoms with van der Waals surface area (Å²) in [6.07, 6.45) is 7.57. The van der Waals surface area contributed by atoms with Crippen LogP contribution in [0.25, 0.3) is 22.3 Å². The molecule has 0 N–H and O–H groups in total. The van der Waals surface area contributed by atoms with Crippen molar-refractivity contribution in [3.63, 3.8) is 0 Å². The highest BCUT2D eigenvalue weighted by Crippen LogP contribution is 2.31. The van der Waals surface area contributed by atoms with E-state index in [0.717, 1.165) is 33.6 Å². The van der Waals surface area contributed by atoms with Gasteiger partial charge in [0.05, 0.1) is 6.42 Å². The minimum Gasteiger partial charge on any atom is -0.312 e. The van der Waals surface area contributed by atoms with Crippen LogP contribution in [0.3, 0.4) is 0 Å². The van der Waals surface area contributed by atoms with Gasteiger partial charge in [0.15, 0.2) is 0 Å². The summed E-state index contributed by atoms with van der Waals surface area (Å²) in [7, 11) is 1.74. The molecule has 0 radical (unpaired) electrons. The van der Waals surface area contributed by atoms with E-state index in [1.807, 2.05) is 38.2 Å². The molecule has 6 nitrogen and oxygen atoms in total. The lowest BCUT2D eigenvalue weighted by Gasteiger charge is -2.12. The van der Waals surface area contributed by atoms with Crippen molar-refractivity contribution in [2.75, 3.05) is 11.9 Å². The summed E-state index contributed by atoms with van der Waals surface area (Å²) >= 11 is 0. The Labute approximate surface area is 157 Å². The molecule has 3 aromatic heterocycles. The summed E-state index contributed by atoms with van der Waals surface area (Å²) < 4.78 is 1.71. The molecule has 1 aliphatic heterocycles. The van der Waals surface area contributed by atoms with Gasteiger partial charge in [-0.2, -0.15) is 0 Å². The molecular weight excluding hydrogens is 340 g/mol. The Kier molecular flexibility index (Phi) is 4.11. The molecule has 27 heavy (non-hydrogen) atoms. The maximum Gasteiger partial charge on any atom is 0.250 e. The summed E-state index contributed by atoms with van der Waals surface area (Å²) in [4.78, 5) is 34.3. The normalized spacial score (nSPS) is 13.3. The van der Waals surface area contributed by atoms with Crippen LogP contribution in [0.15, 0.2) is 53.8 Å². The fourth-order valence-corrected chi connectivity index (χ4v) is 3.33. The maximum atomic E-state index is 12.0. The average molecular weight is 360 g/mol. The molecule has 0 aliphatic carbocycles. The third-order valence-corrected chi connectivity index (χ3v) is 4.88. The lowest BCUT2D eigenvalue weighted by atomic mass is 10.0. The van der Waals surface area contributed by atoms with Crippen LogP contribution < -0.4 is 10.5 Å². The lowest BCUT2D eigenvalue weighted by molar-refractivity contribution is -0.117. The number of rotatable bonds is 3. The second-order valence-corrected chi connectivity index (χ2v) is 7.06. The largest absolute Gasteiger partial charge is 0.312 e. The number of carbonyl (C=O) groups is 1. The van der Waals surface area contributed by atoms with Crippen LogP contribution in [0.1, 0.15) is 25.5 Å². The summed E-state index contributed by atoms with van der Waals surface area (Å²) in [5.41, 5.74) is 4.61. The Morgan fingerprint density at radius 2 is 1.67 bits per heavy atom. The van der Waals surface area contributed by atoms with E-state index in [1.54, 1.807) is 41.2 Å². The number of carbonyl (C=O) groups excluding carboxylic acids is 1. The predicted molar refractivity (Wildman–Crippen MR) is 105 cm³/mol. The molecule has 1 amide bonds. The molecule has 0 unspecified atom stereocenters. The summed E-state index contributed by atoms with van der Waals surface area (Å²) in [5.74, 6) is 0.773. The number of aromatic nitrogens is 3. The van der Waals surface area contributed by atoms with Crippen LogP contribution in [0.2, 0.25) is 0 Å². The molecule has 0 spiro atoms. The molecule has 3 aromatic rings. The van der Waals surface area contributed by atoms with Gasteiger partial charge >= 0.3 is 0 Å². The van der Waals surface area contributed by atoms with Crippen molar-refractivity contribution in [3.05, 3.63) is 65.0 Å². The molecule has 1 aliphatic rings. The summed E-state index contributed by atoms with van der Waals surface area (Å²) in [5, 5.41) is 0. The summed E-state index contributed by atoms with van der Waals surface area (Å²) in [6.45, 7) is 3.96. The number of hydrogen-bond acceptors (Lipinski definition) is 4. The Bertz CT molecular complexity index is 1100. The molecule has 136 valence electrons. The monoisotopic (exact) mass is 360 g/mol. The summed E-state index contributed by atoms with van der Waals surface area (Å²) in [6, 6.07) is 7.52. The van der Waals surface area contributed by atoms with Crippen molar-refractivity contribution in [1.29, 1.82) is 0 Å². The first kappa shape index (κ1) is 17.1. The Morgan fingerprint density at radius 3 is 2.41 bits per heavy atom. The fraction of sp³-hybridized carbons (Fsp3) is 0.238. The van der Waals surface area contributed by atoms with Gasteiger partial charge in [-0.05, 0) is 37.6 Å². The van der Waals surface area contributed by atoms with Crippen LogP contribution in [0.5, 0.6) is 0 Å². The highest BCUT2D eigenvalue weighted by atomic mass is 16.2. The van der Waals surface area contributed by atoms with Gasteiger partial charge in [0.25, 0.3) is 5.56 Å². The van der Waals surface area contributed by atoms with Gasteiger partial charge in [0, 0.05) is 66.2 Å². The molecule has 0 bridgehead atoms. The van der Waals surface area contributed by atoms with Gasteiger partial charge in [-0.15, -0.1) is 0 Å². The number of likely N-dealkylation sites (N-methyl/N-ethyl adjacent to an activating group) is 1. The molecule has 0 fully saturated rings. The van der Waals surface area contributed by atoms with Gasteiger partial charge in [-0.1, -0.05) is 0 Å². The van der Waals surface area contributed by atoms with Crippen molar-refractivity contribution < 1.29 is 4.79 Å². The minimum atomic E-state index is -0.0190. The minimum absolute atomic E-state index is 0.0190. The molecule has 0 saturated heterocycles. The Morgan fingerprint density at radius 1 is 0.963 bits per heavy atom. The number of nitrogens with zero attached hydrogens (tertiary/aromatic N) is 4. The standard InChI is InChI=1S/C21H20N4O2/c1-13(2)25-12-14(4-5-19(25)26)16-7-17(10-22-9-16)18-6-15-8-20(27)24(3)21(15)23-11-18/h4-7,9-13H,8H2,1-3H3. The fourth-order valence-electron chi connectivity index (χ4n) is 3.33. The van der Waals surface area contributed by atoms with Gasteiger partial charge in [-0.3, -0.25) is 19.5 Å². The highest BCUT2D eigenvalue weighted by molar-refractivity contribution is 6.00. The zero-order chi connectivity index (χ0) is 19.1. The van der Waals surface area contributed by atoms with E-state index >= 15 is 0 Å². The number of hydrogen-bond donors (Lipinski definition) is 0. The lowest BCUT2D eigenvalue weighted by Crippen LogP contribution is -2.21. The predicted octanol–water partition coefficient (Wildman–Crippen LogP) is 3.07. The third kappa shape index (κ3) is 3.03. The number of amides is 1. The number of fused-ring (bicyclic) bond motifs is 1. The van der Waals surface area contributed by atoms with Crippen LogP contribution in [0, 0.1) is 0 Å². The molecule has 6 heteroatoms. The van der Waals surface area contributed by atoms with E-state index in [0.29, 0.717) is 6.42 Å². The van der Waals surface area contributed by atoms with Gasteiger partial charge in [-0.25, -0.2) is 4.98 Å². The SMILES string of the molecule is CC(C)n1cc(-c2cncc(-c3cnc4c(c3)CC(=O)N4C)c2)ccc1=O. The first-order valence-corrected chi connectivity index (χ1v) is 8.87. The first-order valence-electron chi connectivity index (χ1n) is 8.87. The van der Waals surface area contributed by atoms with Gasteiger partial charge in [0.2, 0.25) is 5.91 Å². The maximum absolute atomic E-state index is 12.0. The molecular formula is C21H20N4O2. The first-order chi connectivity index (χ1) is 12.9. The number of pyridine rings is 3. The zero-order valence-corrected chi connectivity index (χ0v) is 15.5. The Balaban J connectivity index is 1.74. The molecule has 0 atom stereocenters. The second kappa shape index (κ2) is 6.46. The van der Waals surface area contributed by atoms with E-state index in [9.17, 15) is 9.59 Å². The van der Waals surface area contributed by atoms with Gasteiger partial charge < -0.3 is 4.57 Å². The topological polar surface area (TPSA) is 68.1 Å². The highest BCUT2D eigenvalue weighted by Gasteiger charge is 2.25.